The number of rotatable bonds is 12. The molecular formula is C38H34Cl2N4O3S2. The van der Waals surface area contributed by atoms with Gasteiger partial charge in [0.2, 0.25) is 5.91 Å². The first kappa shape index (κ1) is 35.9. The highest BCUT2D eigenvalue weighted by molar-refractivity contribution is 8.00. The summed E-state index contributed by atoms with van der Waals surface area (Å²) < 4.78 is 0. The van der Waals surface area contributed by atoms with Gasteiger partial charge in [-0.3, -0.25) is 14.4 Å². The number of carbonyl (C=O) groups excluding carboxylic acids is 3. The highest BCUT2D eigenvalue weighted by Crippen LogP contribution is 2.32. The van der Waals surface area contributed by atoms with Crippen molar-refractivity contribution in [2.75, 3.05) is 10.6 Å². The Labute approximate surface area is 304 Å². The predicted octanol–water partition coefficient (Wildman–Crippen LogP) is 10.2. The molecule has 49 heavy (non-hydrogen) atoms. The van der Waals surface area contributed by atoms with Crippen LogP contribution in [-0.4, -0.2) is 28.0 Å². The fourth-order valence-electron chi connectivity index (χ4n) is 4.72. The average Bonchev–Trinajstić information content (AvgIpc) is 3.57. The van der Waals surface area contributed by atoms with Crippen molar-refractivity contribution in [3.05, 3.63) is 135 Å². The Kier molecular flexibility index (Phi) is 12.3. The Balaban J connectivity index is 1.28. The lowest BCUT2D eigenvalue weighted by molar-refractivity contribution is -0.116. The summed E-state index contributed by atoms with van der Waals surface area (Å²) in [6.45, 7) is 6.16. The lowest BCUT2D eigenvalue weighted by atomic mass is 10.0. The van der Waals surface area contributed by atoms with Gasteiger partial charge in [0.1, 0.15) is 5.70 Å². The van der Waals surface area contributed by atoms with E-state index < -0.39 is 17.1 Å². The lowest BCUT2D eigenvalue weighted by Crippen LogP contribution is -2.30. The van der Waals surface area contributed by atoms with Crippen LogP contribution in [0.4, 0.5) is 10.8 Å². The van der Waals surface area contributed by atoms with Crippen LogP contribution < -0.4 is 16.0 Å². The molecule has 5 rings (SSSR count). The van der Waals surface area contributed by atoms with E-state index in [9.17, 15) is 14.4 Å². The molecule has 0 aliphatic rings. The number of amides is 3. The first-order valence-electron chi connectivity index (χ1n) is 15.6. The zero-order valence-electron chi connectivity index (χ0n) is 27.0. The van der Waals surface area contributed by atoms with Gasteiger partial charge in [0, 0.05) is 27.1 Å². The third-order valence-corrected chi connectivity index (χ3v) is 10.3. The number of halogens is 2. The molecule has 3 N–H and O–H groups in total. The maximum atomic E-state index is 13.6. The van der Waals surface area contributed by atoms with E-state index in [1.165, 1.54) is 28.7 Å². The summed E-state index contributed by atoms with van der Waals surface area (Å²) in [6, 6.07) is 29.1. The third kappa shape index (κ3) is 9.83. The monoisotopic (exact) mass is 728 g/mol. The van der Waals surface area contributed by atoms with Crippen molar-refractivity contribution in [3.8, 4) is 11.3 Å². The zero-order chi connectivity index (χ0) is 34.9. The standard InChI is InChI=1S/C38H34Cl2N4O3S2/c1-4-34(37(47)44-38-43-33(22-48-38)27-17-18-30(39)31(40)20-27)49-29-12-8-11-28(21-29)41-36(46)32(42-35(45)26-9-6-5-7-10-26)19-24-13-15-25(16-14-24)23(2)3/h5-23,34H,4H2,1-3H3,(H,41,46)(H,42,45)(H,43,44,47)/b32-19+. The van der Waals surface area contributed by atoms with Crippen LogP contribution in [0.25, 0.3) is 17.3 Å². The van der Waals surface area contributed by atoms with E-state index in [0.717, 1.165) is 16.0 Å². The third-order valence-electron chi connectivity index (χ3n) is 7.43. The predicted molar refractivity (Wildman–Crippen MR) is 204 cm³/mol. The van der Waals surface area contributed by atoms with Gasteiger partial charge in [-0.15, -0.1) is 23.1 Å². The van der Waals surface area contributed by atoms with Crippen LogP contribution >= 0.6 is 46.3 Å². The minimum absolute atomic E-state index is 0.0960. The summed E-state index contributed by atoms with van der Waals surface area (Å²) in [5.41, 5.74) is 4.47. The Morgan fingerprint density at radius 3 is 2.33 bits per heavy atom. The highest BCUT2D eigenvalue weighted by Gasteiger charge is 2.21. The van der Waals surface area contributed by atoms with Crippen molar-refractivity contribution in [1.82, 2.24) is 10.3 Å². The van der Waals surface area contributed by atoms with Gasteiger partial charge in [-0.25, -0.2) is 4.98 Å². The van der Waals surface area contributed by atoms with E-state index in [1.54, 1.807) is 54.6 Å². The number of hydrogen-bond donors (Lipinski definition) is 3. The van der Waals surface area contributed by atoms with E-state index in [1.807, 2.05) is 60.8 Å². The largest absolute Gasteiger partial charge is 0.321 e. The van der Waals surface area contributed by atoms with Crippen LogP contribution in [0.15, 0.2) is 113 Å². The number of hydrogen-bond acceptors (Lipinski definition) is 6. The molecular weight excluding hydrogens is 695 g/mol. The van der Waals surface area contributed by atoms with E-state index in [4.69, 9.17) is 23.2 Å². The SMILES string of the molecule is CCC(Sc1cccc(NC(=O)/C(=C\c2ccc(C(C)C)cc2)NC(=O)c2ccccc2)c1)C(=O)Nc1nc(-c2ccc(Cl)c(Cl)c2)cs1. The first-order chi connectivity index (χ1) is 23.6. The average molecular weight is 730 g/mol. The van der Waals surface area contributed by atoms with Crippen molar-refractivity contribution in [1.29, 1.82) is 0 Å². The topological polar surface area (TPSA) is 100 Å². The summed E-state index contributed by atoms with van der Waals surface area (Å²) in [7, 11) is 0. The normalized spacial score (nSPS) is 12.0. The Bertz CT molecular complexity index is 1980. The van der Waals surface area contributed by atoms with Crippen molar-refractivity contribution in [3.63, 3.8) is 0 Å². The molecule has 0 aliphatic heterocycles. The van der Waals surface area contributed by atoms with Gasteiger partial charge in [0.05, 0.1) is 21.0 Å². The second-order valence-corrected chi connectivity index (χ2v) is 14.3. The van der Waals surface area contributed by atoms with E-state index in [2.05, 4.69) is 34.8 Å². The Hall–Kier alpha value is -4.41. The van der Waals surface area contributed by atoms with Crippen LogP contribution in [0.1, 0.15) is 54.6 Å². The van der Waals surface area contributed by atoms with Gasteiger partial charge in [0.15, 0.2) is 5.13 Å². The smallest absolute Gasteiger partial charge is 0.272 e. The number of thiazole rings is 1. The second-order valence-electron chi connectivity index (χ2n) is 11.4. The first-order valence-corrected chi connectivity index (χ1v) is 18.1. The van der Waals surface area contributed by atoms with Crippen molar-refractivity contribution >= 4 is 80.9 Å². The molecule has 1 atom stereocenters. The molecule has 0 bridgehead atoms. The molecule has 0 saturated heterocycles. The number of nitrogens with zero attached hydrogens (tertiary/aromatic N) is 1. The van der Waals surface area contributed by atoms with Crippen molar-refractivity contribution in [2.45, 2.75) is 43.3 Å². The highest BCUT2D eigenvalue weighted by atomic mass is 35.5. The van der Waals surface area contributed by atoms with Gasteiger partial charge in [0.25, 0.3) is 11.8 Å². The van der Waals surface area contributed by atoms with Crippen LogP contribution in [0.5, 0.6) is 0 Å². The molecule has 0 aliphatic carbocycles. The number of nitrogens with one attached hydrogen (secondary N) is 3. The maximum absolute atomic E-state index is 13.6. The molecule has 5 aromatic rings. The van der Waals surface area contributed by atoms with Crippen LogP contribution in [0.2, 0.25) is 10.0 Å². The minimum Gasteiger partial charge on any atom is -0.321 e. The molecule has 7 nitrogen and oxygen atoms in total. The molecule has 11 heteroatoms. The van der Waals surface area contributed by atoms with Crippen LogP contribution in [0.3, 0.4) is 0 Å². The molecule has 1 unspecified atom stereocenters. The Morgan fingerprint density at radius 1 is 0.878 bits per heavy atom. The van der Waals surface area contributed by atoms with Crippen LogP contribution in [-0.2, 0) is 9.59 Å². The summed E-state index contributed by atoms with van der Waals surface area (Å²) >= 11 is 14.9. The Morgan fingerprint density at radius 2 is 1.63 bits per heavy atom. The van der Waals surface area contributed by atoms with E-state index in [-0.39, 0.29) is 11.6 Å². The van der Waals surface area contributed by atoms with Gasteiger partial charge in [-0.2, -0.15) is 0 Å². The quantitative estimate of drug-likeness (QED) is 0.0877. The van der Waals surface area contributed by atoms with Crippen molar-refractivity contribution < 1.29 is 14.4 Å². The number of anilines is 2. The molecule has 1 heterocycles. The molecule has 250 valence electrons. The zero-order valence-corrected chi connectivity index (χ0v) is 30.1. The molecule has 4 aromatic carbocycles. The maximum Gasteiger partial charge on any atom is 0.272 e. The van der Waals surface area contributed by atoms with E-state index in [0.29, 0.717) is 44.5 Å². The van der Waals surface area contributed by atoms with Crippen molar-refractivity contribution in [2.24, 2.45) is 0 Å². The number of thioether (sulfide) groups is 1. The number of aromatic nitrogens is 1. The molecule has 0 radical (unpaired) electrons. The van der Waals surface area contributed by atoms with Gasteiger partial charge >= 0.3 is 0 Å². The summed E-state index contributed by atoms with van der Waals surface area (Å²) in [5.74, 6) is -0.700. The summed E-state index contributed by atoms with van der Waals surface area (Å²) in [4.78, 5) is 45.3. The fourth-order valence-corrected chi connectivity index (χ4v) is 6.76. The number of benzene rings is 4. The number of carbonyl (C=O) groups is 3. The summed E-state index contributed by atoms with van der Waals surface area (Å²) in [5, 5.41) is 11.4. The van der Waals surface area contributed by atoms with Gasteiger partial charge in [-0.1, -0.05) is 98.6 Å². The fraction of sp³-hybridized carbons (Fsp3) is 0.158. The van der Waals surface area contributed by atoms with Gasteiger partial charge in [-0.05, 0) is 72.0 Å². The van der Waals surface area contributed by atoms with E-state index >= 15 is 0 Å². The second kappa shape index (κ2) is 16.8. The molecule has 0 spiro atoms. The molecule has 1 aromatic heterocycles. The minimum atomic E-state index is -0.481. The molecule has 3 amide bonds. The van der Waals surface area contributed by atoms with Gasteiger partial charge < -0.3 is 16.0 Å². The summed E-state index contributed by atoms with van der Waals surface area (Å²) in [6.07, 6.45) is 2.22. The molecule has 0 saturated carbocycles. The lowest BCUT2D eigenvalue weighted by Gasteiger charge is -2.15. The molecule has 0 fully saturated rings. The van der Waals surface area contributed by atoms with Crippen LogP contribution in [0, 0.1) is 0 Å².